The average molecular weight is 664 g/mol. The number of carbonyl (C=O) groups excluding carboxylic acids is 1. The highest BCUT2D eigenvalue weighted by Gasteiger charge is 2.09. The maximum absolute atomic E-state index is 11.9. The minimum absolute atomic E-state index is 0.00807. The van der Waals surface area contributed by atoms with E-state index in [1.165, 1.54) is 205 Å². The number of nitrogens with one attached hydrogen (secondary N) is 1. The van der Waals surface area contributed by atoms with Crippen molar-refractivity contribution in [2.45, 2.75) is 252 Å². The molecule has 0 aromatic rings. The second-order valence-corrected chi connectivity index (χ2v) is 15.2. The molecule has 0 aromatic heterocycles. The molecule has 0 saturated carbocycles. The lowest BCUT2D eigenvalue weighted by Gasteiger charge is -2.17. The number of ether oxygens (including phenoxy) is 1. The van der Waals surface area contributed by atoms with Crippen LogP contribution in [0, 0.1) is 5.92 Å². The molecule has 1 N–H and O–H groups in total. The van der Waals surface area contributed by atoms with Crippen LogP contribution in [0.5, 0.6) is 0 Å². The highest BCUT2D eigenvalue weighted by molar-refractivity contribution is 5.69. The van der Waals surface area contributed by atoms with Crippen LogP contribution in [0.25, 0.3) is 0 Å². The van der Waals surface area contributed by atoms with Crippen molar-refractivity contribution in [2.24, 2.45) is 5.92 Å². The Morgan fingerprint density at radius 1 is 0.404 bits per heavy atom. The zero-order valence-electron chi connectivity index (χ0n) is 33.0. The third-order valence-corrected chi connectivity index (χ3v) is 10.4. The van der Waals surface area contributed by atoms with E-state index in [4.69, 9.17) is 4.74 Å². The summed E-state index contributed by atoms with van der Waals surface area (Å²) in [5.41, 5.74) is 0. The second-order valence-electron chi connectivity index (χ2n) is 15.2. The molecule has 0 aliphatic carbocycles. The fourth-order valence-corrected chi connectivity index (χ4v) is 7.10. The molecule has 0 rings (SSSR count). The zero-order chi connectivity index (χ0) is 34.1. The van der Waals surface area contributed by atoms with E-state index >= 15 is 0 Å². The van der Waals surface area contributed by atoms with E-state index in [-0.39, 0.29) is 5.97 Å². The van der Waals surface area contributed by atoms with Crippen LogP contribution < -0.4 is 5.32 Å². The standard InChI is InChI=1S/C44H89NO2/c1-4-7-10-13-16-19-22-27-35-42-47-44(46)39-32-28-34-41-45-40-33-26-21-18-17-20-25-31-38-43(36-29-23-14-11-8-5-2)37-30-24-15-12-9-6-3/h43,45H,4-42H2,1-3H3. The normalized spacial score (nSPS) is 11.6. The van der Waals surface area contributed by atoms with Gasteiger partial charge in [0.2, 0.25) is 0 Å². The smallest absolute Gasteiger partial charge is 0.305 e. The topological polar surface area (TPSA) is 38.3 Å². The van der Waals surface area contributed by atoms with Crippen molar-refractivity contribution in [3.63, 3.8) is 0 Å². The molecule has 0 unspecified atom stereocenters. The first kappa shape index (κ1) is 46.4. The molecule has 0 saturated heterocycles. The molecule has 0 aliphatic rings. The van der Waals surface area contributed by atoms with Crippen LogP contribution in [0.15, 0.2) is 0 Å². The molecule has 0 aromatic carbocycles. The number of rotatable bonds is 41. The molecule has 0 radical (unpaired) electrons. The molecule has 0 fully saturated rings. The summed E-state index contributed by atoms with van der Waals surface area (Å²) in [4.78, 5) is 11.9. The van der Waals surface area contributed by atoms with Gasteiger partial charge in [-0.1, -0.05) is 220 Å². The molecule has 282 valence electrons. The molecule has 47 heavy (non-hydrogen) atoms. The van der Waals surface area contributed by atoms with Crippen molar-refractivity contribution in [3.8, 4) is 0 Å². The van der Waals surface area contributed by atoms with Crippen molar-refractivity contribution in [1.82, 2.24) is 5.32 Å². The Balaban J connectivity index is 3.51. The molecule has 0 heterocycles. The van der Waals surface area contributed by atoms with Gasteiger partial charge < -0.3 is 10.1 Å². The predicted molar refractivity (Wildman–Crippen MR) is 211 cm³/mol. The molecule has 0 amide bonds. The highest BCUT2D eigenvalue weighted by Crippen LogP contribution is 2.25. The summed E-state index contributed by atoms with van der Waals surface area (Å²) < 4.78 is 5.43. The van der Waals surface area contributed by atoms with Gasteiger partial charge in [-0.2, -0.15) is 0 Å². The van der Waals surface area contributed by atoms with E-state index in [2.05, 4.69) is 26.1 Å². The first-order chi connectivity index (χ1) is 23.2. The van der Waals surface area contributed by atoms with E-state index in [1.807, 2.05) is 0 Å². The van der Waals surface area contributed by atoms with Gasteiger partial charge in [-0.05, 0) is 44.7 Å². The number of hydrogen-bond acceptors (Lipinski definition) is 3. The number of carbonyl (C=O) groups is 1. The van der Waals surface area contributed by atoms with Crippen LogP contribution in [0.2, 0.25) is 0 Å². The van der Waals surface area contributed by atoms with Crippen molar-refractivity contribution in [2.75, 3.05) is 19.7 Å². The first-order valence-corrected chi connectivity index (χ1v) is 22.1. The fraction of sp³-hybridized carbons (Fsp3) is 0.977. The Morgan fingerprint density at radius 2 is 0.723 bits per heavy atom. The lowest BCUT2D eigenvalue weighted by Crippen LogP contribution is -2.16. The van der Waals surface area contributed by atoms with Gasteiger partial charge in [0.25, 0.3) is 0 Å². The summed E-state index contributed by atoms with van der Waals surface area (Å²) in [7, 11) is 0. The van der Waals surface area contributed by atoms with Crippen LogP contribution in [-0.2, 0) is 9.53 Å². The second kappa shape index (κ2) is 41.6. The first-order valence-electron chi connectivity index (χ1n) is 22.1. The lowest BCUT2D eigenvalue weighted by molar-refractivity contribution is -0.143. The van der Waals surface area contributed by atoms with E-state index in [9.17, 15) is 4.79 Å². The van der Waals surface area contributed by atoms with Gasteiger partial charge in [0.15, 0.2) is 0 Å². The lowest BCUT2D eigenvalue weighted by atomic mass is 9.89. The van der Waals surface area contributed by atoms with Gasteiger partial charge >= 0.3 is 5.97 Å². The maximum Gasteiger partial charge on any atom is 0.305 e. The summed E-state index contributed by atoms with van der Waals surface area (Å²) in [6.45, 7) is 9.77. The molecule has 0 spiro atoms. The quantitative estimate of drug-likeness (QED) is 0.0522. The zero-order valence-corrected chi connectivity index (χ0v) is 33.0. The van der Waals surface area contributed by atoms with E-state index in [1.54, 1.807) is 0 Å². The molecule has 3 nitrogen and oxygen atoms in total. The van der Waals surface area contributed by atoms with E-state index in [0.717, 1.165) is 38.3 Å². The SMILES string of the molecule is CCCCCCCCCCCOC(=O)CCCCCNCCCCCCCCCCC(CCCCCCCC)CCCCCCCC. The Kier molecular flexibility index (Phi) is 41.1. The molecule has 0 bridgehead atoms. The Labute approximate surface area is 297 Å². The van der Waals surface area contributed by atoms with Gasteiger partial charge in [-0.25, -0.2) is 0 Å². The number of hydrogen-bond donors (Lipinski definition) is 1. The van der Waals surface area contributed by atoms with Crippen molar-refractivity contribution < 1.29 is 9.53 Å². The van der Waals surface area contributed by atoms with Gasteiger partial charge in [0.05, 0.1) is 6.61 Å². The number of esters is 1. The average Bonchev–Trinajstić information content (AvgIpc) is 3.08. The van der Waals surface area contributed by atoms with E-state index < -0.39 is 0 Å². The molecule has 3 heteroatoms. The summed E-state index contributed by atoms with van der Waals surface area (Å²) in [5, 5.41) is 3.61. The van der Waals surface area contributed by atoms with Crippen molar-refractivity contribution in [1.29, 1.82) is 0 Å². The van der Waals surface area contributed by atoms with E-state index in [0.29, 0.717) is 13.0 Å². The van der Waals surface area contributed by atoms with Gasteiger partial charge in [-0.15, -0.1) is 0 Å². The Morgan fingerprint density at radius 3 is 1.13 bits per heavy atom. The minimum Gasteiger partial charge on any atom is -0.466 e. The summed E-state index contributed by atoms with van der Waals surface area (Å²) in [5.74, 6) is 1.02. The third kappa shape index (κ3) is 39.7. The van der Waals surface area contributed by atoms with Gasteiger partial charge in [0, 0.05) is 6.42 Å². The monoisotopic (exact) mass is 664 g/mol. The van der Waals surface area contributed by atoms with Crippen LogP contribution in [0.3, 0.4) is 0 Å². The van der Waals surface area contributed by atoms with Crippen LogP contribution in [0.4, 0.5) is 0 Å². The highest BCUT2D eigenvalue weighted by atomic mass is 16.5. The summed E-state index contributed by atoms with van der Waals surface area (Å²) in [6.07, 6.45) is 48.7. The van der Waals surface area contributed by atoms with Crippen LogP contribution in [-0.4, -0.2) is 25.7 Å². The van der Waals surface area contributed by atoms with Crippen molar-refractivity contribution in [3.05, 3.63) is 0 Å². The summed E-state index contributed by atoms with van der Waals surface area (Å²) in [6, 6.07) is 0. The van der Waals surface area contributed by atoms with Crippen LogP contribution >= 0.6 is 0 Å². The third-order valence-electron chi connectivity index (χ3n) is 10.4. The summed E-state index contributed by atoms with van der Waals surface area (Å²) >= 11 is 0. The molecule has 0 atom stereocenters. The van der Waals surface area contributed by atoms with Gasteiger partial charge in [0.1, 0.15) is 0 Å². The maximum atomic E-state index is 11.9. The minimum atomic E-state index is 0.00807. The predicted octanol–water partition coefficient (Wildman–Crippen LogP) is 14.8. The molecule has 0 aliphatic heterocycles. The Bertz CT molecular complexity index is 563. The van der Waals surface area contributed by atoms with Gasteiger partial charge in [-0.3, -0.25) is 4.79 Å². The molecular weight excluding hydrogens is 574 g/mol. The fourth-order valence-electron chi connectivity index (χ4n) is 7.10. The molecular formula is C44H89NO2. The largest absolute Gasteiger partial charge is 0.466 e. The van der Waals surface area contributed by atoms with Crippen molar-refractivity contribution >= 4 is 5.97 Å². The van der Waals surface area contributed by atoms with Crippen LogP contribution in [0.1, 0.15) is 252 Å². The number of unbranched alkanes of at least 4 members (excludes halogenated alkanes) is 27. The Hall–Kier alpha value is -0.570.